The van der Waals surface area contributed by atoms with Crippen LogP contribution in [0.4, 0.5) is 0 Å². The lowest BCUT2D eigenvalue weighted by molar-refractivity contribution is 0.660. The molecular weight excluding hydrogens is 861 g/mol. The molecule has 11 aromatic carbocycles. The minimum Gasteiger partial charge on any atom is -0.310 e. The van der Waals surface area contributed by atoms with Crippen LogP contribution in [0, 0.1) is 0 Å². The first-order valence-corrected chi connectivity index (χ1v) is 24.7. The Hall–Kier alpha value is -9.12. The number of aromatic nitrogens is 4. The van der Waals surface area contributed by atoms with Crippen LogP contribution in [-0.2, 0) is 5.41 Å². The van der Waals surface area contributed by atoms with E-state index < -0.39 is 0 Å². The summed E-state index contributed by atoms with van der Waals surface area (Å²) in [5.41, 5.74) is 18.9. The molecule has 0 aliphatic heterocycles. The van der Waals surface area contributed by atoms with E-state index in [1.807, 2.05) is 0 Å². The van der Waals surface area contributed by atoms with Crippen LogP contribution in [0.25, 0.3) is 121 Å². The topological polar surface area (TPSA) is 19.7 Å². The smallest absolute Gasteiger partial charge is 0.0542 e. The number of fused-ring (bicyclic) bond motifs is 14. The second-order valence-corrected chi connectivity index (χ2v) is 19.8. The molecule has 3 heterocycles. The Kier molecular flexibility index (Phi) is 8.38. The number of hydrogen-bond acceptors (Lipinski definition) is 0. The zero-order chi connectivity index (χ0) is 47.0. The van der Waals surface area contributed by atoms with Gasteiger partial charge in [0.1, 0.15) is 0 Å². The molecule has 4 nitrogen and oxygen atoms in total. The van der Waals surface area contributed by atoms with Gasteiger partial charge < -0.3 is 18.3 Å². The van der Waals surface area contributed by atoms with Crippen LogP contribution in [-0.4, -0.2) is 18.3 Å². The van der Waals surface area contributed by atoms with E-state index in [9.17, 15) is 0 Å². The van der Waals surface area contributed by atoms with Crippen LogP contribution in [0.1, 0.15) is 25.0 Å². The number of benzene rings is 11. The van der Waals surface area contributed by atoms with Crippen LogP contribution in [0.3, 0.4) is 0 Å². The summed E-state index contributed by atoms with van der Waals surface area (Å²) in [5, 5.41) is 9.57. The summed E-state index contributed by atoms with van der Waals surface area (Å²) >= 11 is 0. The van der Waals surface area contributed by atoms with Gasteiger partial charge in [-0.2, -0.15) is 0 Å². The summed E-state index contributed by atoms with van der Waals surface area (Å²) in [5.74, 6) is 0. The van der Waals surface area contributed by atoms with E-state index in [-0.39, 0.29) is 5.41 Å². The van der Waals surface area contributed by atoms with Crippen molar-refractivity contribution in [1.82, 2.24) is 18.3 Å². The SMILES string of the molecule is CC1(C)c2ccccc2-c2ccc(-n3c4cccc(c4)c4cccc(c4)n(-c4ccc5c(c4)c4ccccc4n5-c4cccc5ccccc45)c4ccc5c(c4)c4cc3ccc4n5-c3ccccc3)cc21. The molecule has 3 aromatic heterocycles. The summed E-state index contributed by atoms with van der Waals surface area (Å²) in [7, 11) is 0. The third-order valence-corrected chi connectivity index (χ3v) is 15.6. The predicted molar refractivity (Wildman–Crippen MR) is 299 cm³/mol. The average molecular weight is 907 g/mol. The van der Waals surface area contributed by atoms with E-state index in [2.05, 4.69) is 275 Å². The van der Waals surface area contributed by atoms with Crippen molar-refractivity contribution >= 4 is 87.2 Å². The summed E-state index contributed by atoms with van der Waals surface area (Å²) in [6.45, 7) is 4.73. The summed E-state index contributed by atoms with van der Waals surface area (Å²) < 4.78 is 9.79. The van der Waals surface area contributed by atoms with Gasteiger partial charge in [0.25, 0.3) is 0 Å². The van der Waals surface area contributed by atoms with Gasteiger partial charge >= 0.3 is 0 Å². The highest BCUT2D eigenvalue weighted by Crippen LogP contribution is 2.49. The van der Waals surface area contributed by atoms with Crippen molar-refractivity contribution < 1.29 is 0 Å². The maximum absolute atomic E-state index is 2.46. The largest absolute Gasteiger partial charge is 0.310 e. The van der Waals surface area contributed by atoms with E-state index in [1.165, 1.54) is 71.3 Å². The highest BCUT2D eigenvalue weighted by Gasteiger charge is 2.35. The molecule has 334 valence electrons. The summed E-state index contributed by atoms with van der Waals surface area (Å²) in [6, 6.07) is 90.3. The molecule has 0 N–H and O–H groups in total. The Balaban J connectivity index is 1.05. The molecule has 0 spiro atoms. The van der Waals surface area contributed by atoms with E-state index in [0.29, 0.717) is 0 Å². The number of hydrogen-bond donors (Lipinski definition) is 0. The molecular formula is C67H46N4. The molecule has 71 heavy (non-hydrogen) atoms. The number of nitrogens with zero attached hydrogens (tertiary/aromatic N) is 4. The maximum atomic E-state index is 2.46. The minimum atomic E-state index is -0.138. The Morgan fingerprint density at radius 3 is 1.52 bits per heavy atom. The molecule has 0 atom stereocenters. The second-order valence-electron chi connectivity index (χ2n) is 19.8. The van der Waals surface area contributed by atoms with Crippen molar-refractivity contribution in [3.05, 3.63) is 254 Å². The monoisotopic (exact) mass is 906 g/mol. The lowest BCUT2D eigenvalue weighted by atomic mass is 9.82. The van der Waals surface area contributed by atoms with Crippen molar-refractivity contribution in [3.63, 3.8) is 0 Å². The zero-order valence-corrected chi connectivity index (χ0v) is 39.4. The van der Waals surface area contributed by atoms with Gasteiger partial charge in [0, 0.05) is 71.5 Å². The first-order valence-electron chi connectivity index (χ1n) is 24.7. The van der Waals surface area contributed by atoms with Gasteiger partial charge in [-0.1, -0.05) is 141 Å². The van der Waals surface area contributed by atoms with E-state index in [1.54, 1.807) is 0 Å². The van der Waals surface area contributed by atoms with Crippen LogP contribution in [0.2, 0.25) is 0 Å². The molecule has 0 unspecified atom stereocenters. The number of rotatable bonds is 4. The van der Waals surface area contributed by atoms with Crippen molar-refractivity contribution in [1.29, 1.82) is 0 Å². The lowest BCUT2D eigenvalue weighted by Crippen LogP contribution is -2.15. The Morgan fingerprint density at radius 1 is 0.268 bits per heavy atom. The van der Waals surface area contributed by atoms with Crippen molar-refractivity contribution in [2.75, 3.05) is 0 Å². The standard InChI is InChI=1S/C67H46N4/c1-67(2)60-26-10-8-24-54(60)55-33-29-52(42-61(55)67)69-48-22-13-18-45(38-48)44-17-12-21-47(37-44)68(50-30-34-64-58(40-50)59-41-51(69)31-35-65(59)70(64)46-19-4-3-5-20-46)49-32-36-66-57(39-49)56-25-9-11-27-63(56)71(66)62-28-14-16-43-15-6-7-23-53(43)62/h3-42H,1-2H3. The summed E-state index contributed by atoms with van der Waals surface area (Å²) in [6.07, 6.45) is 0. The van der Waals surface area contributed by atoms with E-state index in [4.69, 9.17) is 0 Å². The fraction of sp³-hybridized carbons (Fsp3) is 0.0448. The van der Waals surface area contributed by atoms with Gasteiger partial charge in [-0.3, -0.25) is 0 Å². The molecule has 15 rings (SSSR count). The maximum Gasteiger partial charge on any atom is 0.0542 e. The molecule has 0 saturated heterocycles. The molecule has 0 fully saturated rings. The molecule has 14 aromatic rings. The Bertz CT molecular complexity index is 4610. The molecule has 0 amide bonds. The predicted octanol–water partition coefficient (Wildman–Crippen LogP) is 17.5. The van der Waals surface area contributed by atoms with Crippen molar-refractivity contribution in [3.8, 4) is 33.9 Å². The first-order chi connectivity index (χ1) is 35.0. The molecule has 1 aliphatic carbocycles. The van der Waals surface area contributed by atoms with Crippen molar-refractivity contribution in [2.24, 2.45) is 0 Å². The zero-order valence-electron chi connectivity index (χ0n) is 39.4. The summed E-state index contributed by atoms with van der Waals surface area (Å²) in [4.78, 5) is 0. The van der Waals surface area contributed by atoms with Gasteiger partial charge in [-0.15, -0.1) is 0 Å². The Morgan fingerprint density at radius 2 is 0.775 bits per heavy atom. The van der Waals surface area contributed by atoms with Gasteiger partial charge in [0.2, 0.25) is 0 Å². The first kappa shape index (κ1) is 39.8. The Labute approximate surface area is 410 Å². The van der Waals surface area contributed by atoms with Gasteiger partial charge in [-0.25, -0.2) is 0 Å². The fourth-order valence-corrected chi connectivity index (χ4v) is 12.3. The highest BCUT2D eigenvalue weighted by molar-refractivity contribution is 6.13. The van der Waals surface area contributed by atoms with Gasteiger partial charge in [0.05, 0.1) is 27.8 Å². The van der Waals surface area contributed by atoms with Crippen LogP contribution >= 0.6 is 0 Å². The fourth-order valence-electron chi connectivity index (χ4n) is 12.3. The molecule has 8 bridgehead atoms. The molecule has 4 heteroatoms. The van der Waals surface area contributed by atoms with E-state index >= 15 is 0 Å². The quantitative estimate of drug-likeness (QED) is 0.168. The van der Waals surface area contributed by atoms with Crippen LogP contribution < -0.4 is 0 Å². The normalized spacial score (nSPS) is 13.0. The third kappa shape index (κ3) is 5.85. The minimum absolute atomic E-state index is 0.138. The van der Waals surface area contributed by atoms with Crippen molar-refractivity contribution in [2.45, 2.75) is 19.3 Å². The van der Waals surface area contributed by atoms with E-state index in [0.717, 1.165) is 60.9 Å². The van der Waals surface area contributed by atoms with Crippen LogP contribution in [0.5, 0.6) is 0 Å². The second kappa shape index (κ2) is 14.9. The van der Waals surface area contributed by atoms with Gasteiger partial charge in [-0.05, 0) is 154 Å². The van der Waals surface area contributed by atoms with Gasteiger partial charge in [0.15, 0.2) is 0 Å². The third-order valence-electron chi connectivity index (χ3n) is 15.6. The molecule has 0 saturated carbocycles. The lowest BCUT2D eigenvalue weighted by Gasteiger charge is -2.22. The molecule has 1 aliphatic rings. The van der Waals surface area contributed by atoms with Crippen LogP contribution in [0.15, 0.2) is 243 Å². The number of para-hydroxylation sites is 2. The molecule has 0 radical (unpaired) electrons. The highest BCUT2D eigenvalue weighted by atomic mass is 15.0. The average Bonchev–Trinajstić information content (AvgIpc) is 4.01.